The molecule has 1 aromatic carbocycles. The third kappa shape index (κ3) is 2.41. The molecule has 0 saturated carbocycles. The smallest absolute Gasteiger partial charge is 0.119 e. The van der Waals surface area contributed by atoms with Gasteiger partial charge in [-0.25, -0.2) is 0 Å². The maximum absolute atomic E-state index is 5.79. The molecule has 0 atom stereocenters. The van der Waals surface area contributed by atoms with Crippen LogP contribution in [-0.2, 0) is 4.74 Å². The van der Waals surface area contributed by atoms with Gasteiger partial charge >= 0.3 is 0 Å². The van der Waals surface area contributed by atoms with Gasteiger partial charge in [0.15, 0.2) is 0 Å². The molecule has 15 heavy (non-hydrogen) atoms. The Labute approximate surface area is 94.0 Å². The van der Waals surface area contributed by atoms with E-state index in [0.717, 1.165) is 42.2 Å². The van der Waals surface area contributed by atoms with Crippen LogP contribution >= 0.6 is 0 Å². The molecule has 0 unspecified atom stereocenters. The summed E-state index contributed by atoms with van der Waals surface area (Å²) in [4.78, 5) is 0. The highest BCUT2D eigenvalue weighted by Gasteiger charge is 2.37. The topological polar surface area (TPSA) is 18.5 Å². The van der Waals surface area contributed by atoms with E-state index in [0.29, 0.717) is 0 Å². The summed E-state index contributed by atoms with van der Waals surface area (Å²) in [5.41, 5.74) is 0.277. The van der Waals surface area contributed by atoms with E-state index < -0.39 is 0 Å². The van der Waals surface area contributed by atoms with Crippen molar-refractivity contribution in [2.24, 2.45) is 5.41 Å². The Morgan fingerprint density at radius 2 is 2.00 bits per heavy atom. The highest BCUT2D eigenvalue weighted by molar-refractivity contribution is 6.32. The first-order valence-electron chi connectivity index (χ1n) is 5.51. The number of hydrogen-bond acceptors (Lipinski definition) is 2. The highest BCUT2D eigenvalue weighted by Crippen LogP contribution is 2.31. The molecule has 0 amide bonds. The molecular formula is C12H18O2Si. The van der Waals surface area contributed by atoms with Crippen LogP contribution in [-0.4, -0.2) is 30.1 Å². The van der Waals surface area contributed by atoms with Gasteiger partial charge in [0.25, 0.3) is 0 Å². The lowest BCUT2D eigenvalue weighted by Crippen LogP contribution is -2.46. The minimum atomic E-state index is 0.277. The van der Waals surface area contributed by atoms with Crippen molar-refractivity contribution in [2.45, 2.75) is 13.3 Å². The minimum absolute atomic E-state index is 0.277. The lowest BCUT2D eigenvalue weighted by molar-refractivity contribution is -0.133. The molecule has 1 heterocycles. The zero-order valence-corrected chi connectivity index (χ0v) is 11.5. The molecule has 1 saturated heterocycles. The summed E-state index contributed by atoms with van der Waals surface area (Å²) in [6.45, 7) is 4.68. The largest absolute Gasteiger partial charge is 0.493 e. The van der Waals surface area contributed by atoms with Crippen LogP contribution in [0, 0.1) is 5.41 Å². The Balaban J connectivity index is 1.90. The monoisotopic (exact) mass is 222 g/mol. The van der Waals surface area contributed by atoms with E-state index in [1.54, 1.807) is 0 Å². The predicted molar refractivity (Wildman–Crippen MR) is 65.1 cm³/mol. The van der Waals surface area contributed by atoms with Crippen molar-refractivity contribution in [3.8, 4) is 5.75 Å². The number of benzene rings is 1. The lowest BCUT2D eigenvalue weighted by atomic mass is 9.84. The van der Waals surface area contributed by atoms with Crippen LogP contribution < -0.4 is 9.92 Å². The standard InChI is InChI=1S/C12H18O2Si/c1-2-12(7-13-8-12)9-14-10-3-5-11(15)6-4-10/h3-6H,2,7-9H2,1,15H3. The van der Waals surface area contributed by atoms with Gasteiger partial charge < -0.3 is 9.47 Å². The Kier molecular flexibility index (Phi) is 3.12. The summed E-state index contributed by atoms with van der Waals surface area (Å²) >= 11 is 0. The van der Waals surface area contributed by atoms with Gasteiger partial charge in [0.1, 0.15) is 5.75 Å². The first kappa shape index (κ1) is 10.7. The Morgan fingerprint density at radius 1 is 1.33 bits per heavy atom. The van der Waals surface area contributed by atoms with E-state index in [-0.39, 0.29) is 5.41 Å². The summed E-state index contributed by atoms with van der Waals surface area (Å²) in [6, 6.07) is 8.39. The second kappa shape index (κ2) is 4.37. The fourth-order valence-corrected chi connectivity index (χ4v) is 1.98. The van der Waals surface area contributed by atoms with Crippen molar-refractivity contribution in [1.82, 2.24) is 0 Å². The Hall–Kier alpha value is -0.803. The van der Waals surface area contributed by atoms with E-state index in [2.05, 4.69) is 31.2 Å². The van der Waals surface area contributed by atoms with Crippen LogP contribution in [0.1, 0.15) is 13.3 Å². The minimum Gasteiger partial charge on any atom is -0.493 e. The predicted octanol–water partition coefficient (Wildman–Crippen LogP) is 0.483. The average molecular weight is 222 g/mol. The van der Waals surface area contributed by atoms with E-state index in [1.807, 2.05) is 0 Å². The number of hydrogen-bond donors (Lipinski definition) is 0. The maximum atomic E-state index is 5.79. The highest BCUT2D eigenvalue weighted by atomic mass is 28.1. The van der Waals surface area contributed by atoms with Gasteiger partial charge in [0, 0.05) is 10.2 Å². The molecule has 0 aromatic heterocycles. The third-order valence-electron chi connectivity index (χ3n) is 3.13. The summed E-state index contributed by atoms with van der Waals surface area (Å²) in [7, 11) is 1.10. The zero-order chi connectivity index (χ0) is 10.7. The maximum Gasteiger partial charge on any atom is 0.119 e. The Morgan fingerprint density at radius 3 is 2.47 bits per heavy atom. The van der Waals surface area contributed by atoms with Crippen LogP contribution in [0.15, 0.2) is 24.3 Å². The first-order valence-corrected chi connectivity index (χ1v) is 6.51. The van der Waals surface area contributed by atoms with Gasteiger partial charge in [-0.3, -0.25) is 0 Å². The molecule has 0 bridgehead atoms. The van der Waals surface area contributed by atoms with Crippen LogP contribution in [0.4, 0.5) is 0 Å². The van der Waals surface area contributed by atoms with E-state index in [9.17, 15) is 0 Å². The van der Waals surface area contributed by atoms with Crippen LogP contribution in [0.3, 0.4) is 0 Å². The van der Waals surface area contributed by atoms with Gasteiger partial charge in [-0.1, -0.05) is 24.2 Å². The molecule has 3 heteroatoms. The first-order chi connectivity index (χ1) is 7.24. The van der Waals surface area contributed by atoms with Crippen molar-refractivity contribution >= 4 is 15.4 Å². The zero-order valence-electron chi connectivity index (χ0n) is 9.45. The van der Waals surface area contributed by atoms with Gasteiger partial charge in [0.05, 0.1) is 25.2 Å². The molecule has 1 aliphatic rings. The molecule has 0 spiro atoms. The summed E-state index contributed by atoms with van der Waals surface area (Å²) < 4.78 is 11.1. The molecular weight excluding hydrogens is 204 g/mol. The lowest BCUT2D eigenvalue weighted by Gasteiger charge is -2.40. The Bertz CT molecular complexity index is 311. The van der Waals surface area contributed by atoms with Gasteiger partial charge in [0.2, 0.25) is 0 Å². The molecule has 2 rings (SSSR count). The van der Waals surface area contributed by atoms with Crippen LogP contribution in [0.5, 0.6) is 5.75 Å². The second-order valence-electron chi connectivity index (χ2n) is 4.45. The average Bonchev–Trinajstić information content (AvgIpc) is 2.20. The fourth-order valence-electron chi connectivity index (χ4n) is 1.65. The summed E-state index contributed by atoms with van der Waals surface area (Å²) in [5.74, 6) is 0.981. The van der Waals surface area contributed by atoms with Gasteiger partial charge in [-0.15, -0.1) is 0 Å². The second-order valence-corrected chi connectivity index (χ2v) is 5.60. The number of ether oxygens (including phenoxy) is 2. The molecule has 1 fully saturated rings. The SMILES string of the molecule is CCC1(COc2ccc([SiH3])cc2)COC1. The summed E-state index contributed by atoms with van der Waals surface area (Å²) in [6.07, 6.45) is 1.13. The summed E-state index contributed by atoms with van der Waals surface area (Å²) in [5, 5.41) is 1.40. The molecule has 1 aliphatic heterocycles. The van der Waals surface area contributed by atoms with Gasteiger partial charge in [-0.05, 0) is 18.6 Å². The van der Waals surface area contributed by atoms with Gasteiger partial charge in [-0.2, -0.15) is 0 Å². The molecule has 0 N–H and O–H groups in total. The van der Waals surface area contributed by atoms with Crippen molar-refractivity contribution in [1.29, 1.82) is 0 Å². The third-order valence-corrected chi connectivity index (χ3v) is 3.80. The number of rotatable bonds is 4. The van der Waals surface area contributed by atoms with E-state index in [4.69, 9.17) is 9.47 Å². The van der Waals surface area contributed by atoms with Crippen LogP contribution in [0.2, 0.25) is 0 Å². The van der Waals surface area contributed by atoms with Crippen molar-refractivity contribution < 1.29 is 9.47 Å². The molecule has 2 nitrogen and oxygen atoms in total. The quantitative estimate of drug-likeness (QED) is 0.690. The molecule has 82 valence electrons. The normalized spacial score (nSPS) is 18.5. The molecule has 1 aromatic rings. The van der Waals surface area contributed by atoms with Crippen LogP contribution in [0.25, 0.3) is 0 Å². The molecule has 0 radical (unpaired) electrons. The van der Waals surface area contributed by atoms with Crippen molar-refractivity contribution in [3.63, 3.8) is 0 Å². The van der Waals surface area contributed by atoms with Crippen molar-refractivity contribution in [2.75, 3.05) is 19.8 Å². The van der Waals surface area contributed by atoms with E-state index in [1.165, 1.54) is 5.19 Å². The van der Waals surface area contributed by atoms with Crippen molar-refractivity contribution in [3.05, 3.63) is 24.3 Å². The fraction of sp³-hybridized carbons (Fsp3) is 0.500. The molecule has 0 aliphatic carbocycles. The van der Waals surface area contributed by atoms with E-state index >= 15 is 0 Å².